The molecule has 2 aromatic rings. The smallest absolute Gasteiger partial charge is 0.270 e. The van der Waals surface area contributed by atoms with Crippen LogP contribution in [0.25, 0.3) is 6.08 Å². The number of nitrogens with zero attached hydrogens (tertiary/aromatic N) is 5. The number of benzene rings is 1. The highest BCUT2D eigenvalue weighted by Gasteiger charge is 2.33. The zero-order valence-corrected chi connectivity index (χ0v) is 22.8. The van der Waals surface area contributed by atoms with E-state index in [2.05, 4.69) is 28.0 Å². The monoisotopic (exact) mass is 537 g/mol. The largest absolute Gasteiger partial charge is 0.395 e. The number of carbonyl (C=O) groups is 1. The molecule has 37 heavy (non-hydrogen) atoms. The van der Waals surface area contributed by atoms with Gasteiger partial charge in [0.2, 0.25) is 0 Å². The predicted molar refractivity (Wildman–Crippen MR) is 152 cm³/mol. The molecule has 0 atom stereocenters. The quantitative estimate of drug-likeness (QED) is 0.406. The highest BCUT2D eigenvalue weighted by atomic mass is 32.2. The first-order chi connectivity index (χ1) is 17.8. The first-order valence-corrected chi connectivity index (χ1v) is 13.6. The number of rotatable bonds is 8. The second-order valence-corrected chi connectivity index (χ2v) is 10.9. The van der Waals surface area contributed by atoms with Crippen LogP contribution >= 0.6 is 24.0 Å². The van der Waals surface area contributed by atoms with Gasteiger partial charge < -0.3 is 10.0 Å². The molecule has 1 amide bonds. The minimum Gasteiger partial charge on any atom is -0.395 e. The summed E-state index contributed by atoms with van der Waals surface area (Å²) in [5.74, 6) is 0.549. The van der Waals surface area contributed by atoms with Gasteiger partial charge in [-0.25, -0.2) is 0 Å². The SMILES string of the molecule is Cc1c(C=C2SC(=S)N(CCCc3ccccc3)C2=O)c(N2CCN(CCO)CC2)n(C)c(=O)c1C#N. The van der Waals surface area contributed by atoms with Gasteiger partial charge in [-0.1, -0.05) is 54.3 Å². The predicted octanol–water partition coefficient (Wildman–Crippen LogP) is 2.51. The number of aryl methyl sites for hydroxylation is 1. The molecule has 0 radical (unpaired) electrons. The molecule has 0 bridgehead atoms. The number of nitriles is 1. The molecule has 1 N–H and O–H groups in total. The molecule has 1 aromatic heterocycles. The van der Waals surface area contributed by atoms with E-state index in [0.29, 0.717) is 52.3 Å². The average molecular weight is 538 g/mol. The van der Waals surface area contributed by atoms with Crippen LogP contribution in [0.5, 0.6) is 0 Å². The van der Waals surface area contributed by atoms with Gasteiger partial charge in [-0.3, -0.25) is 24.0 Å². The summed E-state index contributed by atoms with van der Waals surface area (Å²) in [7, 11) is 1.67. The molecule has 0 saturated carbocycles. The lowest BCUT2D eigenvalue weighted by Crippen LogP contribution is -2.49. The minimum absolute atomic E-state index is 0.0785. The number of β-amino-alcohol motifs (C(OH)–C–C–N with tert-alkyl or cyclic N) is 1. The molecule has 10 heteroatoms. The fourth-order valence-corrected chi connectivity index (χ4v) is 6.12. The Hall–Kier alpha value is -2.97. The molecule has 194 valence electrons. The summed E-state index contributed by atoms with van der Waals surface area (Å²) < 4.78 is 2.03. The van der Waals surface area contributed by atoms with Crippen LogP contribution in [0.3, 0.4) is 0 Å². The van der Waals surface area contributed by atoms with Crippen molar-refractivity contribution in [2.45, 2.75) is 19.8 Å². The van der Waals surface area contributed by atoms with Gasteiger partial charge in [-0.15, -0.1) is 0 Å². The molecule has 3 heterocycles. The molecule has 0 aliphatic carbocycles. The maximum atomic E-state index is 13.4. The molecule has 2 aliphatic heterocycles. The minimum atomic E-state index is -0.349. The summed E-state index contributed by atoms with van der Waals surface area (Å²) in [6.07, 6.45) is 3.45. The maximum Gasteiger partial charge on any atom is 0.270 e. The van der Waals surface area contributed by atoms with Gasteiger partial charge in [-0.05, 0) is 37.0 Å². The molecule has 8 nitrogen and oxygen atoms in total. The van der Waals surface area contributed by atoms with Crippen LogP contribution < -0.4 is 10.5 Å². The fourth-order valence-electron chi connectivity index (χ4n) is 4.83. The van der Waals surface area contributed by atoms with Crippen LogP contribution in [-0.2, 0) is 18.3 Å². The van der Waals surface area contributed by atoms with Crippen LogP contribution in [0.2, 0.25) is 0 Å². The van der Waals surface area contributed by atoms with E-state index in [1.165, 1.54) is 21.9 Å². The highest BCUT2D eigenvalue weighted by molar-refractivity contribution is 8.26. The number of amides is 1. The van der Waals surface area contributed by atoms with Gasteiger partial charge in [0.25, 0.3) is 11.5 Å². The summed E-state index contributed by atoms with van der Waals surface area (Å²) in [5, 5.41) is 19.0. The van der Waals surface area contributed by atoms with E-state index in [-0.39, 0.29) is 23.6 Å². The third-order valence-electron chi connectivity index (χ3n) is 6.89. The van der Waals surface area contributed by atoms with Crippen molar-refractivity contribution in [1.82, 2.24) is 14.4 Å². The standard InChI is InChI=1S/C27H31N5O3S2/c1-19-21(17-23-26(35)32(27(36)37-23)10-6-9-20-7-4-3-5-8-20)24(29(2)25(34)22(19)18-28)31-13-11-30(12-14-31)15-16-33/h3-5,7-8,17,33H,6,9-16H2,1-2H3. The number of piperazine rings is 1. The molecule has 1 aromatic carbocycles. The van der Waals surface area contributed by atoms with Crippen molar-refractivity contribution < 1.29 is 9.90 Å². The molecular formula is C27H31N5O3S2. The van der Waals surface area contributed by atoms with Crippen LogP contribution in [0.4, 0.5) is 5.82 Å². The second-order valence-electron chi connectivity index (χ2n) is 9.19. The van der Waals surface area contributed by atoms with E-state index in [1.807, 2.05) is 18.2 Å². The van der Waals surface area contributed by atoms with E-state index >= 15 is 0 Å². The highest BCUT2D eigenvalue weighted by Crippen LogP contribution is 2.36. The Morgan fingerprint density at radius 1 is 1.14 bits per heavy atom. The lowest BCUT2D eigenvalue weighted by Gasteiger charge is -2.37. The van der Waals surface area contributed by atoms with Crippen molar-refractivity contribution >= 4 is 46.1 Å². The Morgan fingerprint density at radius 2 is 1.84 bits per heavy atom. The number of pyridine rings is 1. The van der Waals surface area contributed by atoms with Crippen LogP contribution in [-0.4, -0.2) is 75.6 Å². The van der Waals surface area contributed by atoms with Gasteiger partial charge in [0, 0.05) is 51.9 Å². The Morgan fingerprint density at radius 3 is 2.49 bits per heavy atom. The molecule has 2 fully saturated rings. The molecule has 4 rings (SSSR count). The summed E-state index contributed by atoms with van der Waals surface area (Å²) in [5.41, 5.74) is 2.21. The molecule has 0 unspecified atom stereocenters. The first kappa shape index (κ1) is 27.1. The zero-order chi connectivity index (χ0) is 26.5. The molecule has 2 aliphatic rings. The van der Waals surface area contributed by atoms with Crippen molar-refractivity contribution in [3.05, 3.63) is 67.8 Å². The van der Waals surface area contributed by atoms with Crippen LogP contribution in [0.1, 0.15) is 28.7 Å². The Balaban J connectivity index is 1.62. The van der Waals surface area contributed by atoms with Gasteiger partial charge in [0.1, 0.15) is 21.8 Å². The van der Waals surface area contributed by atoms with Crippen molar-refractivity contribution in [3.8, 4) is 6.07 Å². The number of hydrogen-bond donors (Lipinski definition) is 1. The number of aliphatic hydroxyl groups excluding tert-OH is 1. The van der Waals surface area contributed by atoms with E-state index in [0.717, 1.165) is 25.9 Å². The van der Waals surface area contributed by atoms with E-state index in [1.54, 1.807) is 24.9 Å². The number of hydrogen-bond acceptors (Lipinski definition) is 8. The number of carbonyl (C=O) groups excluding carboxylic acids is 1. The Kier molecular flexibility index (Phi) is 8.82. The molecular weight excluding hydrogens is 506 g/mol. The van der Waals surface area contributed by atoms with Crippen molar-refractivity contribution in [1.29, 1.82) is 5.26 Å². The number of thioether (sulfide) groups is 1. The summed E-state index contributed by atoms with van der Waals surface area (Å²) >= 11 is 6.81. The topological polar surface area (TPSA) is 92.8 Å². The molecule has 2 saturated heterocycles. The van der Waals surface area contributed by atoms with Gasteiger partial charge >= 0.3 is 0 Å². The number of aliphatic hydroxyl groups is 1. The lowest BCUT2D eigenvalue weighted by molar-refractivity contribution is -0.122. The van der Waals surface area contributed by atoms with Crippen LogP contribution in [0, 0.1) is 18.3 Å². The zero-order valence-electron chi connectivity index (χ0n) is 21.1. The van der Waals surface area contributed by atoms with Crippen LogP contribution in [0.15, 0.2) is 40.0 Å². The number of anilines is 1. The van der Waals surface area contributed by atoms with Crippen molar-refractivity contribution in [2.24, 2.45) is 7.05 Å². The Labute approximate surface area is 226 Å². The summed E-state index contributed by atoms with van der Waals surface area (Å²) in [4.78, 5) is 32.8. The maximum absolute atomic E-state index is 13.4. The van der Waals surface area contributed by atoms with E-state index in [9.17, 15) is 20.0 Å². The third-order valence-corrected chi connectivity index (χ3v) is 8.27. The Bertz CT molecular complexity index is 1310. The summed E-state index contributed by atoms with van der Waals surface area (Å²) in [6, 6.07) is 12.2. The number of thiocarbonyl (C=S) groups is 1. The van der Waals surface area contributed by atoms with Crippen molar-refractivity contribution in [3.63, 3.8) is 0 Å². The summed E-state index contributed by atoms with van der Waals surface area (Å²) in [6.45, 7) is 5.84. The van der Waals surface area contributed by atoms with Crippen molar-refractivity contribution in [2.75, 3.05) is 50.8 Å². The third kappa shape index (κ3) is 5.80. The number of aromatic nitrogens is 1. The second kappa shape index (κ2) is 12.0. The lowest BCUT2D eigenvalue weighted by atomic mass is 10.0. The van der Waals surface area contributed by atoms with Gasteiger partial charge in [-0.2, -0.15) is 5.26 Å². The molecule has 0 spiro atoms. The first-order valence-electron chi connectivity index (χ1n) is 12.4. The van der Waals surface area contributed by atoms with Gasteiger partial charge in [0.05, 0.1) is 11.5 Å². The average Bonchev–Trinajstić information content (AvgIpc) is 3.16. The normalized spacial score (nSPS) is 17.6. The fraction of sp³-hybridized carbons (Fsp3) is 0.407. The van der Waals surface area contributed by atoms with Gasteiger partial charge in [0.15, 0.2) is 0 Å². The van der Waals surface area contributed by atoms with E-state index < -0.39 is 0 Å². The van der Waals surface area contributed by atoms with E-state index in [4.69, 9.17) is 12.2 Å².